The van der Waals surface area contributed by atoms with Crippen molar-refractivity contribution in [1.82, 2.24) is 0 Å². The number of carbonyl (C=O) groups excluding carboxylic acids is 1. The number of halogens is 2. The molecule has 0 aromatic heterocycles. The van der Waals surface area contributed by atoms with Gasteiger partial charge >= 0.3 is 0 Å². The quantitative estimate of drug-likeness (QED) is 0.700. The number of hydrogen-bond donors (Lipinski definition) is 0. The summed E-state index contributed by atoms with van der Waals surface area (Å²) in [4.78, 5) is 10.8. The molecule has 3 heteroatoms. The van der Waals surface area contributed by atoms with Gasteiger partial charge in [0.05, 0.1) is 5.41 Å². The fraction of sp³-hybridized carbons (Fsp3) is 0.417. The molecule has 0 unspecified atom stereocenters. The fourth-order valence-corrected chi connectivity index (χ4v) is 2.22. The third-order valence-corrected chi connectivity index (χ3v) is 3.29. The molecule has 0 radical (unpaired) electrons. The minimum absolute atomic E-state index is 0.400. The van der Waals surface area contributed by atoms with Gasteiger partial charge in [0.25, 0.3) is 0 Å². The van der Waals surface area contributed by atoms with Gasteiger partial charge in [-0.3, -0.25) is 4.79 Å². The maximum Gasteiger partial charge on any atom is 0.248 e. The van der Waals surface area contributed by atoms with Gasteiger partial charge in [0.1, 0.15) is 6.29 Å². The first-order chi connectivity index (χ1) is 7.20. The Morgan fingerprint density at radius 1 is 1.27 bits per heavy atom. The lowest BCUT2D eigenvalue weighted by Crippen LogP contribution is -2.42. The molecule has 15 heavy (non-hydrogen) atoms. The largest absolute Gasteiger partial charge is 0.298 e. The SMILES string of the molecule is O=Cc1ccccc1C1(C(F)F)CCC1. The summed E-state index contributed by atoms with van der Waals surface area (Å²) < 4.78 is 26.0. The van der Waals surface area contributed by atoms with Crippen LogP contribution in [0.15, 0.2) is 24.3 Å². The Balaban J connectivity index is 2.47. The Labute approximate surface area is 87.1 Å². The molecule has 0 spiro atoms. The van der Waals surface area contributed by atoms with Crippen molar-refractivity contribution in [1.29, 1.82) is 0 Å². The highest BCUT2D eigenvalue weighted by molar-refractivity contribution is 5.78. The fourth-order valence-electron chi connectivity index (χ4n) is 2.22. The van der Waals surface area contributed by atoms with Crippen LogP contribution < -0.4 is 0 Å². The molecule has 2 rings (SSSR count). The first-order valence-electron chi connectivity index (χ1n) is 5.03. The summed E-state index contributed by atoms with van der Waals surface area (Å²) in [5.41, 5.74) is -0.143. The average Bonchev–Trinajstić information content (AvgIpc) is 2.16. The van der Waals surface area contributed by atoms with E-state index in [1.54, 1.807) is 24.3 Å². The zero-order chi connectivity index (χ0) is 10.9. The summed E-state index contributed by atoms with van der Waals surface area (Å²) in [6.45, 7) is 0. The van der Waals surface area contributed by atoms with E-state index < -0.39 is 11.8 Å². The molecule has 0 N–H and O–H groups in total. The third-order valence-electron chi connectivity index (χ3n) is 3.29. The molecule has 1 aliphatic carbocycles. The van der Waals surface area contributed by atoms with E-state index in [0.717, 1.165) is 6.42 Å². The molecule has 1 saturated carbocycles. The number of alkyl halides is 2. The van der Waals surface area contributed by atoms with E-state index in [9.17, 15) is 13.6 Å². The molecule has 0 aliphatic heterocycles. The molecular weight excluding hydrogens is 198 g/mol. The maximum absolute atomic E-state index is 13.0. The summed E-state index contributed by atoms with van der Waals surface area (Å²) in [6, 6.07) is 6.66. The summed E-state index contributed by atoms with van der Waals surface area (Å²) in [5.74, 6) is 0. The monoisotopic (exact) mass is 210 g/mol. The van der Waals surface area contributed by atoms with Crippen molar-refractivity contribution in [3.8, 4) is 0 Å². The zero-order valence-electron chi connectivity index (χ0n) is 8.25. The lowest BCUT2D eigenvalue weighted by molar-refractivity contribution is 0.000558. The van der Waals surface area contributed by atoms with Gasteiger partial charge in [-0.15, -0.1) is 0 Å². The van der Waals surface area contributed by atoms with E-state index in [0.29, 0.717) is 30.3 Å². The van der Waals surface area contributed by atoms with E-state index in [1.165, 1.54) is 0 Å². The van der Waals surface area contributed by atoms with Gasteiger partial charge in [0.2, 0.25) is 6.43 Å². The van der Waals surface area contributed by atoms with Crippen molar-refractivity contribution in [3.63, 3.8) is 0 Å². The lowest BCUT2D eigenvalue weighted by atomic mass is 9.63. The molecule has 1 fully saturated rings. The highest BCUT2D eigenvalue weighted by Crippen LogP contribution is 2.48. The van der Waals surface area contributed by atoms with Crippen molar-refractivity contribution < 1.29 is 13.6 Å². The number of rotatable bonds is 3. The first-order valence-corrected chi connectivity index (χ1v) is 5.03. The van der Waals surface area contributed by atoms with Crippen LogP contribution in [0.25, 0.3) is 0 Å². The van der Waals surface area contributed by atoms with E-state index in [1.807, 2.05) is 0 Å². The highest BCUT2D eigenvalue weighted by Gasteiger charge is 2.47. The summed E-state index contributed by atoms with van der Waals surface area (Å²) in [5, 5.41) is 0. The van der Waals surface area contributed by atoms with Crippen molar-refractivity contribution >= 4 is 6.29 Å². The second-order valence-electron chi connectivity index (χ2n) is 4.02. The second-order valence-corrected chi connectivity index (χ2v) is 4.02. The number of carbonyl (C=O) groups is 1. The van der Waals surface area contributed by atoms with Gasteiger partial charge in [0, 0.05) is 5.56 Å². The van der Waals surface area contributed by atoms with Gasteiger partial charge < -0.3 is 0 Å². The first kappa shape index (κ1) is 10.3. The van der Waals surface area contributed by atoms with Crippen molar-refractivity contribution in [2.24, 2.45) is 0 Å². The molecular formula is C12H12F2O. The van der Waals surface area contributed by atoms with Crippen LogP contribution in [-0.2, 0) is 5.41 Å². The molecule has 1 aromatic rings. The Kier molecular flexibility index (Phi) is 2.55. The molecule has 1 aromatic carbocycles. The van der Waals surface area contributed by atoms with Crippen LogP contribution in [0.4, 0.5) is 8.78 Å². The van der Waals surface area contributed by atoms with Crippen LogP contribution in [0, 0.1) is 0 Å². The van der Waals surface area contributed by atoms with Crippen LogP contribution >= 0.6 is 0 Å². The Bertz CT molecular complexity index is 370. The van der Waals surface area contributed by atoms with Crippen LogP contribution in [0.3, 0.4) is 0 Å². The van der Waals surface area contributed by atoms with Crippen LogP contribution in [0.5, 0.6) is 0 Å². The molecule has 1 nitrogen and oxygen atoms in total. The van der Waals surface area contributed by atoms with Crippen molar-refractivity contribution in [2.75, 3.05) is 0 Å². The average molecular weight is 210 g/mol. The minimum Gasteiger partial charge on any atom is -0.298 e. The summed E-state index contributed by atoms with van der Waals surface area (Å²) in [7, 11) is 0. The van der Waals surface area contributed by atoms with Gasteiger partial charge in [0.15, 0.2) is 0 Å². The predicted molar refractivity (Wildman–Crippen MR) is 53.4 cm³/mol. The summed E-state index contributed by atoms with van der Waals surface area (Å²) >= 11 is 0. The molecule has 1 aliphatic rings. The maximum atomic E-state index is 13.0. The Hall–Kier alpha value is -1.25. The van der Waals surface area contributed by atoms with E-state index in [2.05, 4.69) is 0 Å². The van der Waals surface area contributed by atoms with E-state index in [4.69, 9.17) is 0 Å². The molecule has 0 bridgehead atoms. The van der Waals surface area contributed by atoms with Crippen molar-refractivity contribution in [3.05, 3.63) is 35.4 Å². The van der Waals surface area contributed by atoms with Gasteiger partial charge in [-0.25, -0.2) is 8.78 Å². The highest BCUT2D eigenvalue weighted by atomic mass is 19.3. The molecule has 0 amide bonds. The smallest absolute Gasteiger partial charge is 0.248 e. The van der Waals surface area contributed by atoms with Crippen molar-refractivity contribution in [2.45, 2.75) is 31.1 Å². The zero-order valence-corrected chi connectivity index (χ0v) is 8.25. The summed E-state index contributed by atoms with van der Waals surface area (Å²) in [6.07, 6.45) is 0.0627. The molecule has 0 saturated heterocycles. The number of hydrogen-bond acceptors (Lipinski definition) is 1. The van der Waals surface area contributed by atoms with Gasteiger partial charge in [-0.2, -0.15) is 0 Å². The lowest BCUT2D eigenvalue weighted by Gasteiger charge is -2.42. The van der Waals surface area contributed by atoms with Gasteiger partial charge in [-0.05, 0) is 18.4 Å². The molecule has 0 atom stereocenters. The molecule has 80 valence electrons. The third kappa shape index (κ3) is 1.46. The number of aldehydes is 1. The van der Waals surface area contributed by atoms with Gasteiger partial charge in [-0.1, -0.05) is 30.7 Å². The standard InChI is InChI=1S/C12H12F2O/c13-11(14)12(6-3-7-12)10-5-2-1-4-9(10)8-15/h1-2,4-5,8,11H,3,6-7H2. The van der Waals surface area contributed by atoms with Crippen LogP contribution in [0.1, 0.15) is 35.2 Å². The number of benzene rings is 1. The normalized spacial score (nSPS) is 18.6. The minimum atomic E-state index is -2.38. The molecule has 0 heterocycles. The van der Waals surface area contributed by atoms with Crippen LogP contribution in [0.2, 0.25) is 0 Å². The van der Waals surface area contributed by atoms with E-state index >= 15 is 0 Å². The van der Waals surface area contributed by atoms with Crippen LogP contribution in [-0.4, -0.2) is 12.7 Å². The Morgan fingerprint density at radius 3 is 2.40 bits per heavy atom. The van der Waals surface area contributed by atoms with E-state index in [-0.39, 0.29) is 0 Å². The topological polar surface area (TPSA) is 17.1 Å². The Morgan fingerprint density at radius 2 is 1.93 bits per heavy atom. The predicted octanol–water partition coefficient (Wildman–Crippen LogP) is 3.19. The second kappa shape index (κ2) is 3.72.